The lowest BCUT2D eigenvalue weighted by atomic mass is 10.1. The monoisotopic (exact) mass is 380 g/mol. The molecule has 0 bridgehead atoms. The molecular weight excluding hydrogens is 364 g/mol. The minimum Gasteiger partial charge on any atom is -0.422 e. The summed E-state index contributed by atoms with van der Waals surface area (Å²) in [6.07, 6.45) is 0.438. The molecule has 1 heterocycles. The van der Waals surface area contributed by atoms with E-state index in [1.807, 2.05) is 32.0 Å². The molecule has 6 heteroatoms. The van der Waals surface area contributed by atoms with Gasteiger partial charge < -0.3 is 10.2 Å². The number of nitriles is 1. The van der Waals surface area contributed by atoms with E-state index in [0.29, 0.717) is 29.0 Å². The Balaban J connectivity index is 0.00000116. The van der Waals surface area contributed by atoms with Gasteiger partial charge in [0.25, 0.3) is 0 Å². The minimum absolute atomic E-state index is 0.333. The second-order valence-electron chi connectivity index (χ2n) is 3.98. The molecular formula is C16H17BrN2O2S. The fourth-order valence-electron chi connectivity index (χ4n) is 1.61. The molecule has 0 unspecified atom stereocenters. The quantitative estimate of drug-likeness (QED) is 0.624. The summed E-state index contributed by atoms with van der Waals surface area (Å²) in [5, 5.41) is 10.9. The van der Waals surface area contributed by atoms with Crippen molar-refractivity contribution >= 4 is 44.4 Å². The van der Waals surface area contributed by atoms with Gasteiger partial charge in [0.1, 0.15) is 5.58 Å². The first kappa shape index (κ1) is 18.3. The molecule has 2 aromatic rings. The number of nitrogens with zero attached hydrogens (tertiary/aromatic N) is 1. The maximum atomic E-state index is 11.9. The molecule has 22 heavy (non-hydrogen) atoms. The van der Waals surface area contributed by atoms with Gasteiger partial charge in [0.15, 0.2) is 0 Å². The Bertz CT molecular complexity index is 763. The first-order valence-corrected chi connectivity index (χ1v) is 8.64. The van der Waals surface area contributed by atoms with Crippen LogP contribution in [0.4, 0.5) is 0 Å². The van der Waals surface area contributed by atoms with Crippen LogP contribution in [0, 0.1) is 11.3 Å². The minimum atomic E-state index is -0.463. The summed E-state index contributed by atoms with van der Waals surface area (Å²) in [4.78, 5) is 11.9. The van der Waals surface area contributed by atoms with Crippen molar-refractivity contribution in [1.82, 2.24) is 0 Å². The van der Waals surface area contributed by atoms with Crippen LogP contribution in [0.1, 0.15) is 25.8 Å². The number of benzene rings is 1. The lowest BCUT2D eigenvalue weighted by Crippen LogP contribution is -2.10. The lowest BCUT2D eigenvalue weighted by Gasteiger charge is -2.03. The average Bonchev–Trinajstić information content (AvgIpc) is 2.53. The predicted octanol–water partition coefficient (Wildman–Crippen LogP) is 4.49. The molecule has 4 nitrogen and oxygen atoms in total. The van der Waals surface area contributed by atoms with Crippen molar-refractivity contribution in [3.8, 4) is 6.07 Å². The molecule has 0 aliphatic heterocycles. The van der Waals surface area contributed by atoms with Gasteiger partial charge in [-0.15, -0.1) is 11.8 Å². The van der Waals surface area contributed by atoms with Crippen molar-refractivity contribution in [2.75, 3.05) is 5.75 Å². The lowest BCUT2D eigenvalue weighted by molar-refractivity contribution is 0.558. The zero-order chi connectivity index (χ0) is 16.5. The van der Waals surface area contributed by atoms with Crippen molar-refractivity contribution in [2.24, 2.45) is 5.73 Å². The molecule has 1 aromatic carbocycles. The highest BCUT2D eigenvalue weighted by Gasteiger charge is 2.08. The van der Waals surface area contributed by atoms with E-state index in [2.05, 4.69) is 15.9 Å². The van der Waals surface area contributed by atoms with Crippen LogP contribution in [0.3, 0.4) is 0 Å². The van der Waals surface area contributed by atoms with E-state index in [-0.39, 0.29) is 0 Å². The second-order valence-corrected chi connectivity index (χ2v) is 5.87. The topological polar surface area (TPSA) is 80.0 Å². The highest BCUT2D eigenvalue weighted by Crippen LogP contribution is 2.21. The third-order valence-corrected chi connectivity index (χ3v) is 3.90. The highest BCUT2D eigenvalue weighted by molar-refractivity contribution is 9.10. The van der Waals surface area contributed by atoms with Gasteiger partial charge in [0, 0.05) is 22.0 Å². The van der Waals surface area contributed by atoms with E-state index in [0.717, 1.165) is 9.86 Å². The van der Waals surface area contributed by atoms with Crippen molar-refractivity contribution in [3.63, 3.8) is 0 Å². The van der Waals surface area contributed by atoms with Gasteiger partial charge in [-0.25, -0.2) is 4.79 Å². The van der Waals surface area contributed by atoms with Crippen molar-refractivity contribution < 1.29 is 4.42 Å². The van der Waals surface area contributed by atoms with E-state index < -0.39 is 5.63 Å². The van der Waals surface area contributed by atoms with E-state index >= 15 is 0 Å². The van der Waals surface area contributed by atoms with Crippen LogP contribution < -0.4 is 11.4 Å². The SMILES string of the molecule is CC.N#CCCS/C=C(\N)c1cc2cc(Br)ccc2oc1=O. The number of hydrogen-bond donors (Lipinski definition) is 1. The molecule has 0 spiro atoms. The summed E-state index contributed by atoms with van der Waals surface area (Å²) in [5.74, 6) is 0.641. The van der Waals surface area contributed by atoms with Crippen LogP contribution in [0.2, 0.25) is 0 Å². The van der Waals surface area contributed by atoms with Gasteiger partial charge in [0.05, 0.1) is 17.3 Å². The smallest absolute Gasteiger partial charge is 0.345 e. The van der Waals surface area contributed by atoms with Crippen LogP contribution in [0.5, 0.6) is 0 Å². The zero-order valence-electron chi connectivity index (χ0n) is 12.4. The number of thioether (sulfide) groups is 1. The molecule has 2 rings (SSSR count). The summed E-state index contributed by atoms with van der Waals surface area (Å²) in [6, 6.07) is 9.15. The number of nitrogens with two attached hydrogens (primary N) is 1. The first-order valence-electron chi connectivity index (χ1n) is 6.80. The number of hydrogen-bond acceptors (Lipinski definition) is 5. The Morgan fingerprint density at radius 1 is 1.45 bits per heavy atom. The average molecular weight is 381 g/mol. The third-order valence-electron chi connectivity index (χ3n) is 2.55. The molecule has 0 atom stereocenters. The third kappa shape index (κ3) is 4.93. The van der Waals surface area contributed by atoms with Crippen LogP contribution in [0.15, 0.2) is 43.4 Å². The highest BCUT2D eigenvalue weighted by atomic mass is 79.9. The Morgan fingerprint density at radius 3 is 2.86 bits per heavy atom. The van der Waals surface area contributed by atoms with Crippen molar-refractivity contribution in [3.05, 3.63) is 50.1 Å². The van der Waals surface area contributed by atoms with Crippen LogP contribution in [0.25, 0.3) is 16.7 Å². The molecule has 0 saturated heterocycles. The van der Waals surface area contributed by atoms with Gasteiger partial charge in [0.2, 0.25) is 0 Å². The summed E-state index contributed by atoms with van der Waals surface area (Å²) in [6.45, 7) is 4.00. The van der Waals surface area contributed by atoms with E-state index in [4.69, 9.17) is 15.4 Å². The normalized spacial score (nSPS) is 10.7. The standard InChI is InChI=1S/C14H11BrN2O2S.C2H6/c15-10-2-3-13-9(6-10)7-11(14(18)19-13)12(17)8-20-5-1-4-16;1-2/h2-3,6-8H,1,5,17H2;1-2H3/b12-8-;. The summed E-state index contributed by atoms with van der Waals surface area (Å²) in [5.41, 5.74) is 6.63. The largest absolute Gasteiger partial charge is 0.422 e. The molecule has 0 fully saturated rings. The molecule has 1 aromatic heterocycles. The molecule has 116 valence electrons. The Hall–Kier alpha value is -1.71. The molecule has 0 radical (unpaired) electrons. The molecule has 0 amide bonds. The maximum Gasteiger partial charge on any atom is 0.345 e. The number of fused-ring (bicyclic) bond motifs is 1. The van der Waals surface area contributed by atoms with E-state index in [1.165, 1.54) is 11.8 Å². The van der Waals surface area contributed by atoms with Gasteiger partial charge in [-0.2, -0.15) is 5.26 Å². The molecule has 0 aliphatic carbocycles. The fourth-order valence-corrected chi connectivity index (χ4v) is 2.62. The van der Waals surface area contributed by atoms with Crippen LogP contribution >= 0.6 is 27.7 Å². The second kappa shape index (κ2) is 9.34. The molecule has 2 N–H and O–H groups in total. The van der Waals surface area contributed by atoms with Crippen molar-refractivity contribution in [1.29, 1.82) is 5.26 Å². The first-order chi connectivity index (χ1) is 10.6. The maximum absolute atomic E-state index is 11.9. The Kier molecular flexibility index (Phi) is 7.78. The van der Waals surface area contributed by atoms with Crippen LogP contribution in [-0.4, -0.2) is 5.75 Å². The van der Waals surface area contributed by atoms with Crippen LogP contribution in [-0.2, 0) is 0 Å². The fraction of sp³-hybridized carbons (Fsp3) is 0.250. The van der Waals surface area contributed by atoms with Gasteiger partial charge in [-0.1, -0.05) is 29.8 Å². The zero-order valence-corrected chi connectivity index (χ0v) is 14.8. The van der Waals surface area contributed by atoms with Gasteiger partial charge in [-0.05, 0) is 29.7 Å². The van der Waals surface area contributed by atoms with Gasteiger partial charge in [-0.3, -0.25) is 0 Å². The predicted molar refractivity (Wildman–Crippen MR) is 96.4 cm³/mol. The molecule has 0 saturated carbocycles. The summed E-state index contributed by atoms with van der Waals surface area (Å²) in [7, 11) is 0. The Labute approximate surface area is 142 Å². The Morgan fingerprint density at radius 2 is 2.18 bits per heavy atom. The summed E-state index contributed by atoms with van der Waals surface area (Å²) < 4.78 is 6.14. The summed E-state index contributed by atoms with van der Waals surface area (Å²) >= 11 is 4.77. The van der Waals surface area contributed by atoms with E-state index in [9.17, 15) is 4.79 Å². The number of rotatable bonds is 4. The van der Waals surface area contributed by atoms with E-state index in [1.54, 1.807) is 17.5 Å². The molecule has 0 aliphatic rings. The van der Waals surface area contributed by atoms with Crippen molar-refractivity contribution in [2.45, 2.75) is 20.3 Å². The number of halogens is 1. The van der Waals surface area contributed by atoms with Gasteiger partial charge >= 0.3 is 5.63 Å².